The molecule has 2 rings (SSSR count). The molecule has 0 unspecified atom stereocenters. The minimum absolute atomic E-state index is 0.0394. The highest BCUT2D eigenvalue weighted by molar-refractivity contribution is 6.05. The van der Waals surface area contributed by atoms with Crippen LogP contribution < -0.4 is 14.8 Å². The Hall–Kier alpha value is -2.75. The number of benzene rings is 2. The number of carbonyl (C=O) groups is 1. The second-order valence-corrected chi connectivity index (χ2v) is 5.25. The predicted octanol–water partition coefficient (Wildman–Crippen LogP) is 4.21. The number of hydrogen-bond acceptors (Lipinski definition) is 4. The van der Waals surface area contributed by atoms with Crippen molar-refractivity contribution < 1.29 is 14.3 Å². The molecule has 0 amide bonds. The van der Waals surface area contributed by atoms with Crippen LogP contribution in [0.3, 0.4) is 0 Å². The van der Waals surface area contributed by atoms with Crippen LogP contribution in [0.2, 0.25) is 0 Å². The van der Waals surface area contributed by atoms with Crippen molar-refractivity contribution >= 4 is 11.5 Å². The second kappa shape index (κ2) is 7.49. The molecule has 1 N–H and O–H groups in total. The summed E-state index contributed by atoms with van der Waals surface area (Å²) in [5.74, 6) is 1.33. The minimum atomic E-state index is -0.0394. The monoisotopic (exact) mass is 311 g/mol. The Morgan fingerprint density at radius 2 is 1.74 bits per heavy atom. The molecule has 4 nitrogen and oxygen atoms in total. The van der Waals surface area contributed by atoms with Crippen molar-refractivity contribution in [3.8, 4) is 11.5 Å². The summed E-state index contributed by atoms with van der Waals surface area (Å²) in [6.07, 6.45) is 1.58. The van der Waals surface area contributed by atoms with Crippen molar-refractivity contribution in [1.82, 2.24) is 0 Å². The summed E-state index contributed by atoms with van der Waals surface area (Å²) in [5, 5.41) is 3.18. The summed E-state index contributed by atoms with van der Waals surface area (Å²) >= 11 is 0. The van der Waals surface area contributed by atoms with Gasteiger partial charge in [0.1, 0.15) is 11.5 Å². The topological polar surface area (TPSA) is 47.6 Å². The van der Waals surface area contributed by atoms with E-state index in [0.717, 1.165) is 16.9 Å². The highest BCUT2D eigenvalue weighted by Crippen LogP contribution is 2.29. The molecule has 0 bridgehead atoms. The molecule has 0 atom stereocenters. The predicted molar refractivity (Wildman–Crippen MR) is 92.4 cm³/mol. The van der Waals surface area contributed by atoms with Crippen LogP contribution in [-0.4, -0.2) is 20.0 Å². The van der Waals surface area contributed by atoms with E-state index >= 15 is 0 Å². The molecule has 0 aliphatic carbocycles. The van der Waals surface area contributed by atoms with E-state index in [1.807, 2.05) is 50.2 Å². The van der Waals surface area contributed by atoms with Crippen molar-refractivity contribution in [1.29, 1.82) is 0 Å². The number of hydrogen-bond donors (Lipinski definition) is 1. The van der Waals surface area contributed by atoms with Crippen molar-refractivity contribution in [3.05, 3.63) is 65.4 Å². The molecule has 0 saturated heterocycles. The Labute approximate surface area is 136 Å². The Kier molecular flexibility index (Phi) is 5.41. The molecule has 120 valence electrons. The molecule has 0 radical (unpaired) electrons. The van der Waals surface area contributed by atoms with E-state index in [0.29, 0.717) is 17.1 Å². The van der Waals surface area contributed by atoms with Crippen LogP contribution in [0.5, 0.6) is 11.5 Å². The van der Waals surface area contributed by atoms with E-state index < -0.39 is 0 Å². The molecule has 4 heteroatoms. The van der Waals surface area contributed by atoms with Gasteiger partial charge in [-0.15, -0.1) is 0 Å². The molecular formula is C19H21NO3. The zero-order valence-electron chi connectivity index (χ0n) is 13.8. The number of rotatable bonds is 6. The van der Waals surface area contributed by atoms with Gasteiger partial charge in [0.15, 0.2) is 5.78 Å². The third-order valence-electron chi connectivity index (χ3n) is 3.42. The van der Waals surface area contributed by atoms with Gasteiger partial charge in [-0.2, -0.15) is 0 Å². The Bertz CT molecular complexity index is 718. The first-order chi connectivity index (χ1) is 11.0. The zero-order valence-corrected chi connectivity index (χ0v) is 13.8. The third-order valence-corrected chi connectivity index (χ3v) is 3.42. The van der Waals surface area contributed by atoms with Gasteiger partial charge >= 0.3 is 0 Å². The Balaban J connectivity index is 2.16. The van der Waals surface area contributed by atoms with Crippen LogP contribution >= 0.6 is 0 Å². The van der Waals surface area contributed by atoms with Gasteiger partial charge in [0, 0.05) is 23.4 Å². The molecule has 0 saturated carbocycles. The molecule has 0 aliphatic heterocycles. The highest BCUT2D eigenvalue weighted by Gasteiger charge is 2.07. The third kappa shape index (κ3) is 4.36. The van der Waals surface area contributed by atoms with Gasteiger partial charge in [-0.3, -0.25) is 4.79 Å². The lowest BCUT2D eigenvalue weighted by Crippen LogP contribution is -2.03. The van der Waals surface area contributed by atoms with E-state index in [1.165, 1.54) is 0 Å². The van der Waals surface area contributed by atoms with E-state index in [4.69, 9.17) is 9.47 Å². The Morgan fingerprint density at radius 1 is 1.04 bits per heavy atom. The van der Waals surface area contributed by atoms with Crippen molar-refractivity contribution in [2.24, 2.45) is 0 Å². The molecule has 0 aromatic heterocycles. The van der Waals surface area contributed by atoms with Crippen LogP contribution in [0.1, 0.15) is 22.8 Å². The molecule has 23 heavy (non-hydrogen) atoms. The maximum absolute atomic E-state index is 12.2. The minimum Gasteiger partial charge on any atom is -0.497 e. The fraction of sp³-hybridized carbons (Fsp3) is 0.211. The first kappa shape index (κ1) is 16.6. The van der Waals surface area contributed by atoms with Crippen LogP contribution in [0.15, 0.2) is 54.2 Å². The first-order valence-corrected chi connectivity index (χ1v) is 7.32. The van der Waals surface area contributed by atoms with E-state index in [1.54, 1.807) is 26.4 Å². The second-order valence-electron chi connectivity index (χ2n) is 5.25. The first-order valence-electron chi connectivity index (χ1n) is 7.32. The van der Waals surface area contributed by atoms with Gasteiger partial charge < -0.3 is 14.8 Å². The highest BCUT2D eigenvalue weighted by atomic mass is 16.5. The Morgan fingerprint density at radius 3 is 2.35 bits per heavy atom. The molecule has 2 aromatic carbocycles. The molecule has 0 heterocycles. The van der Waals surface area contributed by atoms with E-state index in [9.17, 15) is 4.79 Å². The van der Waals surface area contributed by atoms with Gasteiger partial charge in [0.2, 0.25) is 0 Å². The average Bonchev–Trinajstić information content (AvgIpc) is 2.55. The fourth-order valence-electron chi connectivity index (χ4n) is 2.15. The lowest BCUT2D eigenvalue weighted by atomic mass is 10.1. The molecule has 2 aromatic rings. The summed E-state index contributed by atoms with van der Waals surface area (Å²) in [5.41, 5.74) is 3.31. The number of anilines is 1. The summed E-state index contributed by atoms with van der Waals surface area (Å²) in [6, 6.07) is 13.0. The SMILES string of the molecule is COc1ccc(N/C(C)=C\C(=O)c2ccc(C)cc2)c(OC)c1. The number of aryl methyl sites for hydroxylation is 1. The lowest BCUT2D eigenvalue weighted by Gasteiger charge is -2.12. The maximum Gasteiger partial charge on any atom is 0.187 e. The normalized spacial score (nSPS) is 11.0. The largest absolute Gasteiger partial charge is 0.497 e. The number of ketones is 1. The van der Waals surface area contributed by atoms with Crippen LogP contribution in [0.4, 0.5) is 5.69 Å². The average molecular weight is 311 g/mol. The zero-order chi connectivity index (χ0) is 16.8. The number of carbonyl (C=O) groups excluding carboxylic acids is 1. The van der Waals surface area contributed by atoms with Crippen molar-refractivity contribution in [2.75, 3.05) is 19.5 Å². The standard InChI is InChI=1S/C19H21NO3/c1-13-5-7-15(8-6-13)18(21)11-14(2)20-17-10-9-16(22-3)12-19(17)23-4/h5-12,20H,1-4H3/b14-11-. The van der Waals surface area contributed by atoms with Crippen LogP contribution in [0.25, 0.3) is 0 Å². The summed E-state index contributed by atoms with van der Waals surface area (Å²) < 4.78 is 10.5. The van der Waals surface area contributed by atoms with Gasteiger partial charge in [0.05, 0.1) is 19.9 Å². The number of allylic oxidation sites excluding steroid dienone is 2. The molecule has 0 aliphatic rings. The van der Waals surface area contributed by atoms with Gasteiger partial charge in [-0.25, -0.2) is 0 Å². The summed E-state index contributed by atoms with van der Waals surface area (Å²) in [7, 11) is 3.20. The van der Waals surface area contributed by atoms with Gasteiger partial charge in [0.25, 0.3) is 0 Å². The van der Waals surface area contributed by atoms with Crippen molar-refractivity contribution in [3.63, 3.8) is 0 Å². The fourth-order valence-corrected chi connectivity index (χ4v) is 2.15. The van der Waals surface area contributed by atoms with E-state index in [-0.39, 0.29) is 5.78 Å². The van der Waals surface area contributed by atoms with Crippen LogP contribution in [-0.2, 0) is 0 Å². The lowest BCUT2D eigenvalue weighted by molar-refractivity contribution is 0.104. The van der Waals surface area contributed by atoms with Crippen molar-refractivity contribution in [2.45, 2.75) is 13.8 Å². The number of methoxy groups -OCH3 is 2. The summed E-state index contributed by atoms with van der Waals surface area (Å²) in [6.45, 7) is 3.84. The molecule has 0 spiro atoms. The molecular weight excluding hydrogens is 290 g/mol. The quantitative estimate of drug-likeness (QED) is 0.641. The molecule has 0 fully saturated rings. The van der Waals surface area contributed by atoms with Gasteiger partial charge in [-0.1, -0.05) is 29.8 Å². The smallest absolute Gasteiger partial charge is 0.187 e. The number of nitrogens with one attached hydrogen (secondary N) is 1. The number of ether oxygens (including phenoxy) is 2. The van der Waals surface area contributed by atoms with Crippen LogP contribution in [0, 0.1) is 6.92 Å². The summed E-state index contributed by atoms with van der Waals surface area (Å²) in [4.78, 5) is 12.2. The van der Waals surface area contributed by atoms with E-state index in [2.05, 4.69) is 5.32 Å². The van der Waals surface area contributed by atoms with Gasteiger partial charge in [-0.05, 0) is 26.0 Å². The maximum atomic E-state index is 12.2.